The Balaban J connectivity index is 1.43. The summed E-state index contributed by atoms with van der Waals surface area (Å²) < 4.78 is 5.71. The Kier molecular flexibility index (Phi) is 5.97. The van der Waals surface area contributed by atoms with Gasteiger partial charge in [0.25, 0.3) is 5.91 Å². The van der Waals surface area contributed by atoms with Gasteiger partial charge in [0.2, 0.25) is 0 Å². The number of ether oxygens (including phenoxy) is 1. The second-order valence-electron chi connectivity index (χ2n) is 6.41. The van der Waals surface area contributed by atoms with Crippen LogP contribution in [0.3, 0.4) is 0 Å². The largest absolute Gasteiger partial charge is 0.377 e. The molecule has 126 valence electrons. The predicted molar refractivity (Wildman–Crippen MR) is 94.1 cm³/mol. The maximum Gasteiger partial charge on any atom is 0.251 e. The molecule has 1 amide bonds. The zero-order chi connectivity index (χ0) is 16.1. The summed E-state index contributed by atoms with van der Waals surface area (Å²) in [7, 11) is 0. The van der Waals surface area contributed by atoms with Gasteiger partial charge in [-0.1, -0.05) is 0 Å². The van der Waals surface area contributed by atoms with E-state index in [4.69, 9.17) is 4.74 Å². The van der Waals surface area contributed by atoms with Gasteiger partial charge in [0.1, 0.15) is 0 Å². The molecule has 2 saturated heterocycles. The number of likely N-dealkylation sites (tertiary alicyclic amines) is 1. The van der Waals surface area contributed by atoms with Crippen LogP contribution in [0.25, 0.3) is 0 Å². The molecular weight excluding hydrogens is 308 g/mol. The molecule has 0 aromatic heterocycles. The number of piperidine rings is 1. The number of benzene rings is 1. The molecule has 3 rings (SSSR count). The molecule has 2 aliphatic rings. The van der Waals surface area contributed by atoms with Gasteiger partial charge < -0.3 is 15.0 Å². The van der Waals surface area contributed by atoms with Crippen molar-refractivity contribution in [2.75, 3.05) is 32.5 Å². The van der Waals surface area contributed by atoms with E-state index in [1.807, 2.05) is 30.5 Å². The van der Waals surface area contributed by atoms with Gasteiger partial charge in [-0.25, -0.2) is 0 Å². The molecule has 0 aliphatic carbocycles. The van der Waals surface area contributed by atoms with Crippen LogP contribution in [0.1, 0.15) is 36.0 Å². The van der Waals surface area contributed by atoms with Crippen molar-refractivity contribution < 1.29 is 9.53 Å². The molecule has 23 heavy (non-hydrogen) atoms. The van der Waals surface area contributed by atoms with Crippen LogP contribution in [0.15, 0.2) is 29.2 Å². The number of rotatable bonds is 5. The van der Waals surface area contributed by atoms with Crippen LogP contribution >= 0.6 is 11.8 Å². The third-order valence-corrected chi connectivity index (χ3v) is 5.50. The lowest BCUT2D eigenvalue weighted by atomic mass is 10.0. The highest BCUT2D eigenvalue weighted by Crippen LogP contribution is 2.18. The van der Waals surface area contributed by atoms with E-state index < -0.39 is 0 Å². The van der Waals surface area contributed by atoms with Crippen molar-refractivity contribution >= 4 is 17.7 Å². The lowest BCUT2D eigenvalue weighted by molar-refractivity contribution is 0.0613. The fourth-order valence-corrected chi connectivity index (χ4v) is 3.76. The number of thioether (sulfide) groups is 1. The maximum absolute atomic E-state index is 12.3. The van der Waals surface area contributed by atoms with E-state index in [-0.39, 0.29) is 5.91 Å². The fourth-order valence-electron chi connectivity index (χ4n) is 3.35. The van der Waals surface area contributed by atoms with Crippen LogP contribution in [-0.2, 0) is 4.74 Å². The van der Waals surface area contributed by atoms with Crippen LogP contribution in [0.4, 0.5) is 0 Å². The average molecular weight is 334 g/mol. The summed E-state index contributed by atoms with van der Waals surface area (Å²) in [6.07, 6.45) is 6.92. The molecule has 5 heteroatoms. The summed E-state index contributed by atoms with van der Waals surface area (Å²) in [6, 6.07) is 8.12. The number of hydrogen-bond acceptors (Lipinski definition) is 4. The molecule has 0 spiro atoms. The van der Waals surface area contributed by atoms with Crippen molar-refractivity contribution in [3.05, 3.63) is 29.8 Å². The van der Waals surface area contributed by atoms with Gasteiger partial charge in [-0.3, -0.25) is 4.79 Å². The minimum absolute atomic E-state index is 0.0511. The molecular formula is C18H26N2O2S. The van der Waals surface area contributed by atoms with Gasteiger partial charge in [-0.2, -0.15) is 0 Å². The Bertz CT molecular complexity index is 506. The number of hydrogen-bond donors (Lipinski definition) is 1. The summed E-state index contributed by atoms with van der Waals surface area (Å²) in [4.78, 5) is 16.0. The minimum Gasteiger partial charge on any atom is -0.377 e. The Labute approximate surface area is 143 Å². The topological polar surface area (TPSA) is 41.6 Å². The number of carbonyl (C=O) groups excluding carboxylic acids is 1. The second kappa shape index (κ2) is 8.18. The molecule has 1 aromatic rings. The van der Waals surface area contributed by atoms with Crippen molar-refractivity contribution in [1.29, 1.82) is 0 Å². The summed E-state index contributed by atoms with van der Waals surface area (Å²) in [6.45, 7) is 4.08. The smallest absolute Gasteiger partial charge is 0.251 e. The summed E-state index contributed by atoms with van der Waals surface area (Å²) in [5.74, 6) is 0.0511. The van der Waals surface area contributed by atoms with Crippen molar-refractivity contribution in [3.8, 4) is 0 Å². The van der Waals surface area contributed by atoms with Crippen LogP contribution in [0.2, 0.25) is 0 Å². The third kappa shape index (κ3) is 4.72. The van der Waals surface area contributed by atoms with E-state index in [1.165, 1.54) is 17.7 Å². The van der Waals surface area contributed by atoms with E-state index in [1.54, 1.807) is 11.8 Å². The monoisotopic (exact) mass is 334 g/mol. The van der Waals surface area contributed by atoms with Crippen molar-refractivity contribution in [2.45, 2.75) is 42.7 Å². The van der Waals surface area contributed by atoms with E-state index in [0.717, 1.165) is 44.6 Å². The van der Waals surface area contributed by atoms with Gasteiger partial charge in [0.15, 0.2) is 0 Å². The van der Waals surface area contributed by atoms with Gasteiger partial charge >= 0.3 is 0 Å². The quantitative estimate of drug-likeness (QED) is 0.841. The molecule has 0 radical (unpaired) electrons. The van der Waals surface area contributed by atoms with E-state index in [0.29, 0.717) is 12.1 Å². The molecule has 4 nitrogen and oxygen atoms in total. The van der Waals surface area contributed by atoms with Crippen molar-refractivity contribution in [3.63, 3.8) is 0 Å². The molecule has 0 bridgehead atoms. The second-order valence-corrected chi connectivity index (χ2v) is 7.29. The summed E-state index contributed by atoms with van der Waals surface area (Å²) in [5, 5.41) is 3.18. The van der Waals surface area contributed by atoms with Gasteiger partial charge in [0.05, 0.1) is 6.10 Å². The summed E-state index contributed by atoms with van der Waals surface area (Å²) >= 11 is 1.69. The zero-order valence-electron chi connectivity index (χ0n) is 13.8. The fraction of sp³-hybridized carbons (Fsp3) is 0.611. The van der Waals surface area contributed by atoms with Gasteiger partial charge in [0, 0.05) is 42.7 Å². The van der Waals surface area contributed by atoms with Crippen LogP contribution < -0.4 is 5.32 Å². The third-order valence-electron chi connectivity index (χ3n) is 4.76. The standard InChI is InChI=1S/C18H26N2O2S/c1-23-17-6-4-14(5-7-17)18(21)19-15-8-10-20(11-9-15)13-16-3-2-12-22-16/h4-7,15-16H,2-3,8-13H2,1H3,(H,19,21)/t16-/m0/s1. The highest BCUT2D eigenvalue weighted by molar-refractivity contribution is 7.98. The zero-order valence-corrected chi connectivity index (χ0v) is 14.6. The number of nitrogens with one attached hydrogen (secondary N) is 1. The van der Waals surface area contributed by atoms with Crippen molar-refractivity contribution in [2.24, 2.45) is 0 Å². The highest BCUT2D eigenvalue weighted by atomic mass is 32.2. The Morgan fingerprint density at radius 3 is 2.61 bits per heavy atom. The number of nitrogens with zero attached hydrogens (tertiary/aromatic N) is 1. The SMILES string of the molecule is CSc1ccc(C(=O)NC2CCN(C[C@@H]3CCCO3)CC2)cc1. The average Bonchev–Trinajstić information content (AvgIpc) is 3.10. The number of carbonyl (C=O) groups is 1. The van der Waals surface area contributed by atoms with Gasteiger partial charge in [-0.15, -0.1) is 11.8 Å². The van der Waals surface area contributed by atoms with Crippen molar-refractivity contribution in [1.82, 2.24) is 10.2 Å². The molecule has 1 N–H and O–H groups in total. The minimum atomic E-state index is 0.0511. The van der Waals surface area contributed by atoms with Gasteiger partial charge in [-0.05, 0) is 56.2 Å². The lowest BCUT2D eigenvalue weighted by Crippen LogP contribution is -2.46. The van der Waals surface area contributed by atoms with Crippen LogP contribution in [-0.4, -0.2) is 55.4 Å². The first kappa shape index (κ1) is 16.8. The first-order valence-electron chi connectivity index (χ1n) is 8.53. The Hall–Kier alpha value is -1.04. The first-order valence-corrected chi connectivity index (χ1v) is 9.76. The molecule has 0 saturated carbocycles. The first-order chi connectivity index (χ1) is 11.2. The lowest BCUT2D eigenvalue weighted by Gasteiger charge is -2.33. The predicted octanol–water partition coefficient (Wildman–Crippen LogP) is 2.78. The molecule has 0 unspecified atom stereocenters. The normalized spacial score (nSPS) is 23.1. The van der Waals surface area contributed by atoms with Crippen LogP contribution in [0, 0.1) is 0 Å². The Morgan fingerprint density at radius 2 is 2.00 bits per heavy atom. The molecule has 2 heterocycles. The number of amides is 1. The van der Waals surface area contributed by atoms with E-state index in [9.17, 15) is 4.79 Å². The molecule has 1 atom stereocenters. The molecule has 2 fully saturated rings. The summed E-state index contributed by atoms with van der Waals surface area (Å²) in [5.41, 5.74) is 0.754. The maximum atomic E-state index is 12.3. The van der Waals surface area contributed by atoms with E-state index >= 15 is 0 Å². The highest BCUT2D eigenvalue weighted by Gasteiger charge is 2.24. The van der Waals surface area contributed by atoms with Crippen LogP contribution in [0.5, 0.6) is 0 Å². The Morgan fingerprint density at radius 1 is 1.26 bits per heavy atom. The molecule has 1 aromatic carbocycles. The van der Waals surface area contributed by atoms with E-state index in [2.05, 4.69) is 10.2 Å². The molecule has 2 aliphatic heterocycles.